The molecule has 20 heavy (non-hydrogen) atoms. The van der Waals surface area contributed by atoms with Gasteiger partial charge in [-0.05, 0) is 24.3 Å². The smallest absolute Gasteiger partial charge is 0.255 e. The highest BCUT2D eigenvalue weighted by atomic mass is 16.3. The minimum atomic E-state index is -0.317. The largest absolute Gasteiger partial charge is 0.443 e. The van der Waals surface area contributed by atoms with Crippen LogP contribution in [0.4, 0.5) is 5.69 Å². The molecule has 0 spiro atoms. The number of nitriles is 1. The Balaban J connectivity index is 1.86. The number of hydrogen-bond donors (Lipinski definition) is 1. The van der Waals surface area contributed by atoms with Gasteiger partial charge in [0.2, 0.25) is 0 Å². The van der Waals surface area contributed by atoms with Gasteiger partial charge in [0.05, 0.1) is 0 Å². The number of aromatic nitrogens is 2. The lowest BCUT2D eigenvalue weighted by Crippen LogP contribution is -2.12. The number of anilines is 1. The maximum absolute atomic E-state index is 12.1. The SMILES string of the molecule is N#Cc1cc(C(=O)Nc2ccc3ncoc3c2)ccn1. The minimum Gasteiger partial charge on any atom is -0.443 e. The average molecular weight is 264 g/mol. The molecule has 3 aromatic rings. The standard InChI is InChI=1S/C14H8N4O2/c15-7-11-5-9(3-4-16-11)14(19)18-10-1-2-12-13(6-10)20-8-17-12/h1-6,8H,(H,18,19). The molecule has 0 aliphatic heterocycles. The highest BCUT2D eigenvalue weighted by molar-refractivity contribution is 6.04. The van der Waals surface area contributed by atoms with E-state index in [9.17, 15) is 4.79 Å². The van der Waals surface area contributed by atoms with Gasteiger partial charge in [0.1, 0.15) is 17.3 Å². The highest BCUT2D eigenvalue weighted by Gasteiger charge is 2.08. The van der Waals surface area contributed by atoms with E-state index in [1.54, 1.807) is 24.3 Å². The minimum absolute atomic E-state index is 0.198. The van der Waals surface area contributed by atoms with Crippen molar-refractivity contribution in [2.45, 2.75) is 0 Å². The van der Waals surface area contributed by atoms with E-state index < -0.39 is 0 Å². The van der Waals surface area contributed by atoms with Crippen molar-refractivity contribution in [3.05, 3.63) is 54.2 Å². The number of nitrogens with one attached hydrogen (secondary N) is 1. The molecule has 1 N–H and O–H groups in total. The summed E-state index contributed by atoms with van der Waals surface area (Å²) in [5, 5.41) is 11.5. The van der Waals surface area contributed by atoms with Crippen molar-refractivity contribution < 1.29 is 9.21 Å². The summed E-state index contributed by atoms with van der Waals surface area (Å²) in [6.45, 7) is 0. The van der Waals surface area contributed by atoms with Gasteiger partial charge < -0.3 is 9.73 Å². The summed E-state index contributed by atoms with van der Waals surface area (Å²) in [5.41, 5.74) is 2.47. The molecule has 0 aliphatic carbocycles. The van der Waals surface area contributed by atoms with Crippen LogP contribution in [0.15, 0.2) is 47.3 Å². The van der Waals surface area contributed by atoms with Crippen molar-refractivity contribution in [2.75, 3.05) is 5.32 Å². The molecule has 3 rings (SSSR count). The van der Waals surface area contributed by atoms with Crippen LogP contribution < -0.4 is 5.32 Å². The van der Waals surface area contributed by atoms with Crippen LogP contribution in [-0.4, -0.2) is 15.9 Å². The normalized spacial score (nSPS) is 10.2. The summed E-state index contributed by atoms with van der Waals surface area (Å²) < 4.78 is 5.17. The van der Waals surface area contributed by atoms with Gasteiger partial charge in [-0.1, -0.05) is 0 Å². The first-order valence-electron chi connectivity index (χ1n) is 5.77. The molecule has 0 saturated carbocycles. The summed E-state index contributed by atoms with van der Waals surface area (Å²) in [7, 11) is 0. The third-order valence-electron chi connectivity index (χ3n) is 2.73. The Labute approximate surface area is 113 Å². The summed E-state index contributed by atoms with van der Waals surface area (Å²) in [5.74, 6) is -0.317. The Bertz CT molecular complexity index is 832. The van der Waals surface area contributed by atoms with Crippen LogP contribution in [-0.2, 0) is 0 Å². The fourth-order valence-corrected chi connectivity index (χ4v) is 1.77. The van der Waals surface area contributed by atoms with Gasteiger partial charge in [-0.3, -0.25) is 4.79 Å². The molecular weight excluding hydrogens is 256 g/mol. The number of oxazole rings is 1. The summed E-state index contributed by atoms with van der Waals surface area (Å²) in [6.07, 6.45) is 2.77. The first-order chi connectivity index (χ1) is 9.76. The monoisotopic (exact) mass is 264 g/mol. The predicted molar refractivity (Wildman–Crippen MR) is 70.9 cm³/mol. The van der Waals surface area contributed by atoms with Crippen molar-refractivity contribution in [1.82, 2.24) is 9.97 Å². The third-order valence-corrected chi connectivity index (χ3v) is 2.73. The van der Waals surface area contributed by atoms with Crippen molar-refractivity contribution in [1.29, 1.82) is 5.26 Å². The zero-order valence-corrected chi connectivity index (χ0v) is 10.2. The predicted octanol–water partition coefficient (Wildman–Crippen LogP) is 2.35. The van der Waals surface area contributed by atoms with Gasteiger partial charge in [-0.25, -0.2) is 9.97 Å². The van der Waals surface area contributed by atoms with Crippen LogP contribution in [0.3, 0.4) is 0 Å². The van der Waals surface area contributed by atoms with Crippen LogP contribution in [0, 0.1) is 11.3 Å². The summed E-state index contributed by atoms with van der Waals surface area (Å²) >= 11 is 0. The van der Waals surface area contributed by atoms with E-state index in [0.717, 1.165) is 5.52 Å². The fourth-order valence-electron chi connectivity index (χ4n) is 1.77. The Morgan fingerprint density at radius 2 is 2.15 bits per heavy atom. The first kappa shape index (κ1) is 11.9. The van der Waals surface area contributed by atoms with E-state index in [1.807, 2.05) is 6.07 Å². The number of fused-ring (bicyclic) bond motifs is 1. The summed E-state index contributed by atoms with van der Waals surface area (Å²) in [6, 6.07) is 10.0. The molecule has 0 atom stereocenters. The molecule has 0 saturated heterocycles. The van der Waals surface area contributed by atoms with Crippen LogP contribution in [0.25, 0.3) is 11.1 Å². The zero-order chi connectivity index (χ0) is 13.9. The highest BCUT2D eigenvalue weighted by Crippen LogP contribution is 2.18. The van der Waals surface area contributed by atoms with Crippen LogP contribution in [0.1, 0.15) is 16.1 Å². The van der Waals surface area contributed by atoms with Gasteiger partial charge in [0.25, 0.3) is 5.91 Å². The Morgan fingerprint density at radius 1 is 1.25 bits per heavy atom. The van der Waals surface area contributed by atoms with E-state index >= 15 is 0 Å². The van der Waals surface area contributed by atoms with E-state index in [2.05, 4.69) is 15.3 Å². The number of hydrogen-bond acceptors (Lipinski definition) is 5. The van der Waals surface area contributed by atoms with Crippen LogP contribution >= 0.6 is 0 Å². The first-order valence-corrected chi connectivity index (χ1v) is 5.77. The molecule has 0 aliphatic rings. The Kier molecular flexibility index (Phi) is 2.86. The topological polar surface area (TPSA) is 91.8 Å². The Morgan fingerprint density at radius 3 is 3.00 bits per heavy atom. The quantitative estimate of drug-likeness (QED) is 0.767. The molecule has 6 nitrogen and oxygen atoms in total. The van der Waals surface area contributed by atoms with E-state index in [-0.39, 0.29) is 11.6 Å². The molecule has 96 valence electrons. The zero-order valence-electron chi connectivity index (χ0n) is 10.2. The second-order valence-corrected chi connectivity index (χ2v) is 4.03. The van der Waals surface area contributed by atoms with Crippen LogP contribution in [0.5, 0.6) is 0 Å². The lowest BCUT2D eigenvalue weighted by Gasteiger charge is -2.04. The van der Waals surface area contributed by atoms with Gasteiger partial charge in [-0.2, -0.15) is 5.26 Å². The second kappa shape index (κ2) is 4.82. The number of rotatable bonds is 2. The molecular formula is C14H8N4O2. The van der Waals surface area contributed by atoms with E-state index in [0.29, 0.717) is 16.8 Å². The Hall–Kier alpha value is -3.20. The van der Waals surface area contributed by atoms with Crippen molar-refractivity contribution in [2.24, 2.45) is 0 Å². The van der Waals surface area contributed by atoms with Crippen molar-refractivity contribution in [3.8, 4) is 6.07 Å². The fraction of sp³-hybridized carbons (Fsp3) is 0. The lowest BCUT2D eigenvalue weighted by molar-refractivity contribution is 0.102. The number of carbonyl (C=O) groups excluding carboxylic acids is 1. The van der Waals surface area contributed by atoms with Gasteiger partial charge in [-0.15, -0.1) is 0 Å². The molecule has 2 aromatic heterocycles. The van der Waals surface area contributed by atoms with Crippen molar-refractivity contribution >= 4 is 22.7 Å². The number of nitrogens with zero attached hydrogens (tertiary/aromatic N) is 3. The average Bonchev–Trinajstić information content (AvgIpc) is 2.95. The van der Waals surface area contributed by atoms with E-state index in [1.165, 1.54) is 18.7 Å². The molecule has 0 unspecified atom stereocenters. The summed E-state index contributed by atoms with van der Waals surface area (Å²) in [4.78, 5) is 19.9. The van der Waals surface area contributed by atoms with E-state index in [4.69, 9.17) is 9.68 Å². The van der Waals surface area contributed by atoms with Gasteiger partial charge >= 0.3 is 0 Å². The number of pyridine rings is 1. The molecule has 1 aromatic carbocycles. The molecule has 0 fully saturated rings. The van der Waals surface area contributed by atoms with Crippen molar-refractivity contribution in [3.63, 3.8) is 0 Å². The van der Waals surface area contributed by atoms with Gasteiger partial charge in [0.15, 0.2) is 12.0 Å². The molecule has 1 amide bonds. The third kappa shape index (κ3) is 2.20. The van der Waals surface area contributed by atoms with Crippen LogP contribution in [0.2, 0.25) is 0 Å². The maximum atomic E-state index is 12.1. The molecule has 6 heteroatoms. The molecule has 2 heterocycles. The number of carbonyl (C=O) groups is 1. The number of benzene rings is 1. The molecule has 0 bridgehead atoms. The number of amides is 1. The van der Waals surface area contributed by atoms with Gasteiger partial charge in [0, 0.05) is 23.5 Å². The second-order valence-electron chi connectivity index (χ2n) is 4.03. The molecule has 0 radical (unpaired) electrons. The maximum Gasteiger partial charge on any atom is 0.255 e. The lowest BCUT2D eigenvalue weighted by atomic mass is 10.2.